The minimum absolute atomic E-state index is 0.0451. The average molecular weight is 255 g/mol. The summed E-state index contributed by atoms with van der Waals surface area (Å²) in [5.74, 6) is 0.0977. The minimum atomic E-state index is -3.19. The normalized spacial score (nSPS) is 20.6. The maximum Gasteiger partial charge on any atom is 0.212 e. The van der Waals surface area contributed by atoms with Crippen LogP contribution < -0.4 is 10.0 Å². The van der Waals surface area contributed by atoms with Crippen LogP contribution in [-0.2, 0) is 16.4 Å². The lowest BCUT2D eigenvalue weighted by molar-refractivity contribution is 0.559. The third-order valence-corrected chi connectivity index (χ3v) is 4.19. The lowest BCUT2D eigenvalue weighted by Crippen LogP contribution is -2.38. The number of rotatable bonds is 5. The van der Waals surface area contributed by atoms with Crippen LogP contribution >= 0.6 is 0 Å². The molecule has 2 heterocycles. The van der Waals surface area contributed by atoms with Crippen LogP contribution in [-0.4, -0.2) is 38.3 Å². The number of aryl methyl sites for hydroxylation is 1. The summed E-state index contributed by atoms with van der Waals surface area (Å²) in [4.78, 5) is 4.11. The molecule has 6 heteroatoms. The van der Waals surface area contributed by atoms with Gasteiger partial charge in [0.1, 0.15) is 0 Å². The zero-order valence-corrected chi connectivity index (χ0v) is 10.4. The Labute approximate surface area is 102 Å². The Bertz CT molecular complexity index is 441. The van der Waals surface area contributed by atoms with Crippen LogP contribution in [0.5, 0.6) is 0 Å². The number of nitrogens with one attached hydrogen (secondary N) is 2. The average Bonchev–Trinajstić information content (AvgIpc) is 2.80. The third-order valence-electron chi connectivity index (χ3n) is 2.76. The van der Waals surface area contributed by atoms with Gasteiger partial charge in [-0.1, -0.05) is 6.07 Å². The fourth-order valence-corrected chi connectivity index (χ4v) is 3.16. The van der Waals surface area contributed by atoms with Crippen molar-refractivity contribution in [1.29, 1.82) is 0 Å². The Morgan fingerprint density at radius 2 is 2.35 bits per heavy atom. The van der Waals surface area contributed by atoms with E-state index in [0.29, 0.717) is 6.42 Å². The SMILES string of the molecule is O=S(=O)(CCc1ccccn1)N[C@@H]1CCNC1. The molecular formula is C11H17N3O2S. The van der Waals surface area contributed by atoms with Crippen molar-refractivity contribution in [2.45, 2.75) is 18.9 Å². The van der Waals surface area contributed by atoms with Gasteiger partial charge < -0.3 is 5.32 Å². The number of nitrogens with zero attached hydrogens (tertiary/aromatic N) is 1. The lowest BCUT2D eigenvalue weighted by Gasteiger charge is -2.11. The monoisotopic (exact) mass is 255 g/mol. The van der Waals surface area contributed by atoms with Gasteiger partial charge in [-0.25, -0.2) is 13.1 Å². The first-order valence-electron chi connectivity index (χ1n) is 5.76. The van der Waals surface area contributed by atoms with Crippen molar-refractivity contribution in [3.63, 3.8) is 0 Å². The molecule has 2 rings (SSSR count). The van der Waals surface area contributed by atoms with E-state index in [0.717, 1.165) is 25.2 Å². The zero-order valence-electron chi connectivity index (χ0n) is 9.59. The van der Waals surface area contributed by atoms with E-state index >= 15 is 0 Å². The smallest absolute Gasteiger partial charge is 0.212 e. The van der Waals surface area contributed by atoms with Crippen LogP contribution in [0.1, 0.15) is 12.1 Å². The quantitative estimate of drug-likeness (QED) is 0.771. The number of hydrogen-bond acceptors (Lipinski definition) is 4. The molecule has 0 saturated carbocycles. The largest absolute Gasteiger partial charge is 0.315 e. The number of hydrogen-bond donors (Lipinski definition) is 2. The van der Waals surface area contributed by atoms with E-state index in [1.807, 2.05) is 18.2 Å². The zero-order chi connectivity index (χ0) is 12.1. The molecule has 0 unspecified atom stereocenters. The van der Waals surface area contributed by atoms with Gasteiger partial charge in [-0.3, -0.25) is 4.98 Å². The molecular weight excluding hydrogens is 238 g/mol. The van der Waals surface area contributed by atoms with Gasteiger partial charge in [-0.15, -0.1) is 0 Å². The van der Waals surface area contributed by atoms with Gasteiger partial charge in [0.2, 0.25) is 10.0 Å². The summed E-state index contributed by atoms with van der Waals surface area (Å²) in [6, 6.07) is 5.57. The first kappa shape index (κ1) is 12.5. The standard InChI is InChI=1S/C11H17N3O2S/c15-17(16,14-11-4-7-12-9-11)8-5-10-3-1-2-6-13-10/h1-3,6,11-12,14H,4-5,7-9H2/t11-/m1/s1. The van der Waals surface area contributed by atoms with Crippen LogP contribution in [0.15, 0.2) is 24.4 Å². The van der Waals surface area contributed by atoms with Crippen molar-refractivity contribution in [2.75, 3.05) is 18.8 Å². The number of aromatic nitrogens is 1. The lowest BCUT2D eigenvalue weighted by atomic mass is 10.3. The molecule has 2 N–H and O–H groups in total. The molecule has 1 aliphatic heterocycles. The van der Waals surface area contributed by atoms with E-state index in [2.05, 4.69) is 15.0 Å². The maximum atomic E-state index is 11.8. The third kappa shape index (κ3) is 4.07. The molecule has 0 spiro atoms. The predicted octanol–water partition coefficient (Wildman–Crippen LogP) is -0.0946. The molecule has 0 aliphatic carbocycles. The van der Waals surface area contributed by atoms with Crippen LogP contribution in [0, 0.1) is 0 Å². The van der Waals surface area contributed by atoms with E-state index in [-0.39, 0.29) is 11.8 Å². The Morgan fingerprint density at radius 1 is 1.47 bits per heavy atom. The van der Waals surface area contributed by atoms with Crippen molar-refractivity contribution in [3.8, 4) is 0 Å². The second-order valence-electron chi connectivity index (χ2n) is 4.20. The Hall–Kier alpha value is -0.980. The van der Waals surface area contributed by atoms with E-state index < -0.39 is 10.0 Å². The van der Waals surface area contributed by atoms with Crippen LogP contribution in [0.25, 0.3) is 0 Å². The van der Waals surface area contributed by atoms with Crippen molar-refractivity contribution >= 4 is 10.0 Å². The molecule has 0 radical (unpaired) electrons. The van der Waals surface area contributed by atoms with E-state index in [1.165, 1.54) is 0 Å². The maximum absolute atomic E-state index is 11.8. The molecule has 0 aromatic carbocycles. The first-order chi connectivity index (χ1) is 8.16. The molecule has 1 atom stereocenters. The highest BCUT2D eigenvalue weighted by molar-refractivity contribution is 7.89. The van der Waals surface area contributed by atoms with Crippen molar-refractivity contribution in [3.05, 3.63) is 30.1 Å². The van der Waals surface area contributed by atoms with Gasteiger partial charge in [0, 0.05) is 30.9 Å². The van der Waals surface area contributed by atoms with E-state index in [4.69, 9.17) is 0 Å². The summed E-state index contributed by atoms with van der Waals surface area (Å²) < 4.78 is 26.3. The van der Waals surface area contributed by atoms with E-state index in [1.54, 1.807) is 6.20 Å². The molecule has 1 fully saturated rings. The first-order valence-corrected chi connectivity index (χ1v) is 7.41. The highest BCUT2D eigenvalue weighted by Crippen LogP contribution is 2.02. The number of pyridine rings is 1. The predicted molar refractivity (Wildman–Crippen MR) is 66.1 cm³/mol. The summed E-state index contributed by atoms with van der Waals surface area (Å²) in [6.45, 7) is 1.61. The summed E-state index contributed by atoms with van der Waals surface area (Å²) in [5.41, 5.74) is 0.808. The summed E-state index contributed by atoms with van der Waals surface area (Å²) in [6.07, 6.45) is 3.00. The molecule has 1 aromatic heterocycles. The van der Waals surface area contributed by atoms with Gasteiger partial charge in [0.05, 0.1) is 5.75 Å². The van der Waals surface area contributed by atoms with Crippen molar-refractivity contribution < 1.29 is 8.42 Å². The molecule has 0 bridgehead atoms. The molecule has 94 valence electrons. The fraction of sp³-hybridized carbons (Fsp3) is 0.545. The minimum Gasteiger partial charge on any atom is -0.315 e. The Morgan fingerprint density at radius 3 is 3.00 bits per heavy atom. The Balaban J connectivity index is 1.85. The second kappa shape index (κ2) is 5.57. The van der Waals surface area contributed by atoms with Gasteiger partial charge >= 0.3 is 0 Å². The van der Waals surface area contributed by atoms with Crippen LogP contribution in [0.4, 0.5) is 0 Å². The highest BCUT2D eigenvalue weighted by atomic mass is 32.2. The molecule has 1 saturated heterocycles. The van der Waals surface area contributed by atoms with Crippen molar-refractivity contribution in [1.82, 2.24) is 15.0 Å². The van der Waals surface area contributed by atoms with Gasteiger partial charge in [0.25, 0.3) is 0 Å². The summed E-state index contributed by atoms with van der Waals surface area (Å²) in [7, 11) is -3.19. The second-order valence-corrected chi connectivity index (χ2v) is 6.07. The van der Waals surface area contributed by atoms with Gasteiger partial charge in [-0.05, 0) is 25.1 Å². The molecule has 5 nitrogen and oxygen atoms in total. The highest BCUT2D eigenvalue weighted by Gasteiger charge is 2.20. The number of sulfonamides is 1. The topological polar surface area (TPSA) is 71.1 Å². The van der Waals surface area contributed by atoms with Crippen LogP contribution in [0.2, 0.25) is 0 Å². The van der Waals surface area contributed by atoms with E-state index in [9.17, 15) is 8.42 Å². The molecule has 0 amide bonds. The molecule has 1 aromatic rings. The Kier molecular flexibility index (Phi) is 4.09. The van der Waals surface area contributed by atoms with Gasteiger partial charge in [0.15, 0.2) is 0 Å². The summed E-state index contributed by atoms with van der Waals surface area (Å²) >= 11 is 0. The fourth-order valence-electron chi connectivity index (χ4n) is 1.85. The molecule has 17 heavy (non-hydrogen) atoms. The van der Waals surface area contributed by atoms with Crippen molar-refractivity contribution in [2.24, 2.45) is 0 Å². The molecule has 1 aliphatic rings. The summed E-state index contributed by atoms with van der Waals surface area (Å²) in [5, 5.41) is 3.13. The van der Waals surface area contributed by atoms with Crippen LogP contribution in [0.3, 0.4) is 0 Å². The van der Waals surface area contributed by atoms with Gasteiger partial charge in [-0.2, -0.15) is 0 Å².